The molecule has 0 radical (unpaired) electrons. The summed E-state index contributed by atoms with van der Waals surface area (Å²) in [5.41, 5.74) is 13.2. The lowest BCUT2D eigenvalue weighted by Gasteiger charge is -2.19. The minimum atomic E-state index is 0.949. The largest absolute Gasteiger partial charge is 0.456 e. The average Bonchev–Trinajstić information content (AvgIpc) is 3.62. The van der Waals surface area contributed by atoms with E-state index < -0.39 is 0 Å². The molecule has 0 amide bonds. The van der Waals surface area contributed by atoms with E-state index in [2.05, 4.69) is 183 Å². The van der Waals surface area contributed by atoms with Gasteiger partial charge >= 0.3 is 0 Å². The molecule has 0 atom stereocenters. The highest BCUT2D eigenvalue weighted by atomic mass is 16.3. The highest BCUT2D eigenvalue weighted by Gasteiger charge is 2.20. The minimum absolute atomic E-state index is 0.949. The van der Waals surface area contributed by atoms with Crippen LogP contribution in [0.25, 0.3) is 98.8 Å². The minimum Gasteiger partial charge on any atom is -0.456 e. The third-order valence-electron chi connectivity index (χ3n) is 11.1. The van der Waals surface area contributed by atoms with Crippen molar-refractivity contribution >= 4 is 54.3 Å². The van der Waals surface area contributed by atoms with Crippen molar-refractivity contribution < 1.29 is 4.42 Å². The second-order valence-electron chi connectivity index (χ2n) is 14.2. The molecule has 10 aromatic rings. The van der Waals surface area contributed by atoms with Crippen LogP contribution in [0.1, 0.15) is 25.3 Å². The molecule has 0 bridgehead atoms. The standard InChI is InChI=1S/C52H38O/c1-2-3-14-37-29-32-41(51-47-22-11-12-24-48(47)53-52(37)51)39-30-31-40-38(33-39)17-13-23-42(40)50-45-20-9-7-18-43(45)49(44-19-8-10-21-46(44)50)36-27-25-35(26-28-36)34-15-5-4-6-16-34/h4-13,15-33H,2-3,14H2,1H3. The Morgan fingerprint density at radius 3 is 1.74 bits per heavy atom. The molecule has 1 nitrogen and oxygen atoms in total. The van der Waals surface area contributed by atoms with Crippen molar-refractivity contribution in [1.29, 1.82) is 0 Å². The first-order chi connectivity index (χ1) is 26.3. The molecule has 9 aromatic carbocycles. The van der Waals surface area contributed by atoms with Crippen molar-refractivity contribution in [2.24, 2.45) is 0 Å². The fourth-order valence-corrected chi connectivity index (χ4v) is 8.55. The van der Waals surface area contributed by atoms with Gasteiger partial charge in [0.15, 0.2) is 0 Å². The Balaban J connectivity index is 1.16. The van der Waals surface area contributed by atoms with Gasteiger partial charge in [0, 0.05) is 10.8 Å². The monoisotopic (exact) mass is 678 g/mol. The third-order valence-corrected chi connectivity index (χ3v) is 11.1. The van der Waals surface area contributed by atoms with E-state index in [4.69, 9.17) is 4.42 Å². The number of aryl methyl sites for hydroxylation is 1. The molecule has 1 heteroatoms. The van der Waals surface area contributed by atoms with E-state index in [0.717, 1.165) is 30.4 Å². The van der Waals surface area contributed by atoms with E-state index in [-0.39, 0.29) is 0 Å². The van der Waals surface area contributed by atoms with Gasteiger partial charge in [0.05, 0.1) is 0 Å². The second-order valence-corrected chi connectivity index (χ2v) is 14.2. The number of benzene rings is 9. The highest BCUT2D eigenvalue weighted by molar-refractivity contribution is 6.24. The van der Waals surface area contributed by atoms with Crippen LogP contribution < -0.4 is 0 Å². The summed E-state index contributed by atoms with van der Waals surface area (Å²) in [6.45, 7) is 2.25. The van der Waals surface area contributed by atoms with Crippen LogP contribution in [0.4, 0.5) is 0 Å². The van der Waals surface area contributed by atoms with E-state index >= 15 is 0 Å². The molecule has 1 heterocycles. The van der Waals surface area contributed by atoms with E-state index in [9.17, 15) is 0 Å². The van der Waals surface area contributed by atoms with E-state index in [1.54, 1.807) is 0 Å². The first-order valence-corrected chi connectivity index (χ1v) is 18.8. The number of hydrogen-bond acceptors (Lipinski definition) is 1. The molecule has 0 aliphatic carbocycles. The molecule has 0 unspecified atom stereocenters. The van der Waals surface area contributed by atoms with E-state index in [1.807, 2.05) is 0 Å². The summed E-state index contributed by atoms with van der Waals surface area (Å²) in [7, 11) is 0. The molecule has 53 heavy (non-hydrogen) atoms. The van der Waals surface area contributed by atoms with Crippen molar-refractivity contribution in [3.8, 4) is 44.5 Å². The van der Waals surface area contributed by atoms with Crippen LogP contribution in [0, 0.1) is 0 Å². The third kappa shape index (κ3) is 5.23. The summed E-state index contributed by atoms with van der Waals surface area (Å²) < 4.78 is 6.56. The van der Waals surface area contributed by atoms with Gasteiger partial charge in [0.2, 0.25) is 0 Å². The molecule has 252 valence electrons. The lowest BCUT2D eigenvalue weighted by Crippen LogP contribution is -1.92. The normalized spacial score (nSPS) is 11.7. The smallest absolute Gasteiger partial charge is 0.139 e. The van der Waals surface area contributed by atoms with Crippen molar-refractivity contribution in [2.75, 3.05) is 0 Å². The Kier molecular flexibility index (Phi) is 7.65. The lowest BCUT2D eigenvalue weighted by atomic mass is 9.84. The van der Waals surface area contributed by atoms with Gasteiger partial charge in [-0.1, -0.05) is 177 Å². The molecular weight excluding hydrogens is 641 g/mol. The van der Waals surface area contributed by atoms with Gasteiger partial charge < -0.3 is 4.42 Å². The van der Waals surface area contributed by atoms with Crippen LogP contribution in [0.2, 0.25) is 0 Å². The Morgan fingerprint density at radius 1 is 0.415 bits per heavy atom. The molecule has 0 saturated carbocycles. The number of hydrogen-bond donors (Lipinski definition) is 0. The quantitative estimate of drug-likeness (QED) is 0.153. The molecule has 10 rings (SSSR count). The highest BCUT2D eigenvalue weighted by Crippen LogP contribution is 2.46. The van der Waals surface area contributed by atoms with Crippen molar-refractivity contribution in [3.63, 3.8) is 0 Å². The predicted molar refractivity (Wildman–Crippen MR) is 227 cm³/mol. The topological polar surface area (TPSA) is 13.1 Å². The molecule has 0 aliphatic rings. The van der Waals surface area contributed by atoms with Crippen molar-refractivity contribution in [2.45, 2.75) is 26.2 Å². The molecular formula is C52H38O. The Labute approximate surface area is 309 Å². The fourth-order valence-electron chi connectivity index (χ4n) is 8.55. The first kappa shape index (κ1) is 31.3. The van der Waals surface area contributed by atoms with Crippen molar-refractivity contribution in [3.05, 3.63) is 181 Å². The average molecular weight is 679 g/mol. The van der Waals surface area contributed by atoms with Gasteiger partial charge in [-0.05, 0) is 107 Å². The Bertz CT molecular complexity index is 2910. The van der Waals surface area contributed by atoms with Gasteiger partial charge in [-0.15, -0.1) is 0 Å². The number of para-hydroxylation sites is 1. The van der Waals surface area contributed by atoms with Crippen LogP contribution in [0.15, 0.2) is 180 Å². The second kappa shape index (κ2) is 13.0. The lowest BCUT2D eigenvalue weighted by molar-refractivity contribution is 0.658. The van der Waals surface area contributed by atoms with E-state index in [0.29, 0.717) is 0 Å². The zero-order valence-electron chi connectivity index (χ0n) is 29.8. The summed E-state index contributed by atoms with van der Waals surface area (Å²) >= 11 is 0. The summed E-state index contributed by atoms with van der Waals surface area (Å²) in [6.07, 6.45) is 3.33. The summed E-state index contributed by atoms with van der Waals surface area (Å²) in [4.78, 5) is 0. The maximum absolute atomic E-state index is 6.56. The Morgan fingerprint density at radius 2 is 1.02 bits per heavy atom. The van der Waals surface area contributed by atoms with Crippen LogP contribution in [0.5, 0.6) is 0 Å². The first-order valence-electron chi connectivity index (χ1n) is 18.8. The molecule has 0 aliphatic heterocycles. The van der Waals surface area contributed by atoms with Gasteiger partial charge in [-0.25, -0.2) is 0 Å². The van der Waals surface area contributed by atoms with Crippen LogP contribution >= 0.6 is 0 Å². The zero-order valence-corrected chi connectivity index (χ0v) is 29.8. The SMILES string of the molecule is CCCCc1ccc(-c2ccc3c(-c4c5ccccc5c(-c5ccc(-c6ccccc6)cc5)c5ccccc45)cccc3c2)c2c1oc1ccccc12. The molecule has 1 aromatic heterocycles. The number of rotatable bonds is 7. The van der Waals surface area contributed by atoms with Crippen LogP contribution in [-0.4, -0.2) is 0 Å². The van der Waals surface area contributed by atoms with Crippen LogP contribution in [-0.2, 0) is 6.42 Å². The Hall–Kier alpha value is -6.44. The van der Waals surface area contributed by atoms with Crippen LogP contribution in [0.3, 0.4) is 0 Å². The fraction of sp³-hybridized carbons (Fsp3) is 0.0769. The van der Waals surface area contributed by atoms with Crippen molar-refractivity contribution in [1.82, 2.24) is 0 Å². The zero-order chi connectivity index (χ0) is 35.3. The summed E-state index contributed by atoms with van der Waals surface area (Å²) in [6, 6.07) is 64.4. The predicted octanol–water partition coefficient (Wildman–Crippen LogP) is 15.1. The van der Waals surface area contributed by atoms with Gasteiger partial charge in [0.25, 0.3) is 0 Å². The van der Waals surface area contributed by atoms with Gasteiger partial charge in [-0.2, -0.15) is 0 Å². The number of furan rings is 1. The van der Waals surface area contributed by atoms with E-state index in [1.165, 1.54) is 93.2 Å². The maximum atomic E-state index is 6.56. The molecule has 0 N–H and O–H groups in total. The maximum Gasteiger partial charge on any atom is 0.139 e. The van der Waals surface area contributed by atoms with Gasteiger partial charge in [-0.3, -0.25) is 0 Å². The number of unbranched alkanes of at least 4 members (excludes halogenated alkanes) is 1. The number of fused-ring (bicyclic) bond motifs is 6. The summed E-state index contributed by atoms with van der Waals surface area (Å²) in [5.74, 6) is 0. The molecule has 0 fully saturated rings. The summed E-state index contributed by atoms with van der Waals surface area (Å²) in [5, 5.41) is 9.92. The molecule has 0 spiro atoms. The van der Waals surface area contributed by atoms with Gasteiger partial charge in [0.1, 0.15) is 11.2 Å². The molecule has 0 saturated heterocycles.